The van der Waals surface area contributed by atoms with Crippen LogP contribution in [-0.2, 0) is 0 Å². The summed E-state index contributed by atoms with van der Waals surface area (Å²) in [5.74, 6) is -1.69. The Kier molecular flexibility index (Phi) is 3.79. The Morgan fingerprint density at radius 3 is 2.64 bits per heavy atom. The minimum Gasteiger partial charge on any atom is -0.488 e. The number of hydrogen-bond donors (Lipinski definition) is 2. The lowest BCUT2D eigenvalue weighted by Crippen LogP contribution is -2.21. The summed E-state index contributed by atoms with van der Waals surface area (Å²) in [6.07, 6.45) is -1.07. The van der Waals surface area contributed by atoms with Gasteiger partial charge in [0.25, 0.3) is 0 Å². The van der Waals surface area contributed by atoms with Gasteiger partial charge in [0, 0.05) is 6.07 Å². The number of aliphatic hydroxyl groups excluding tert-OH is 2. The van der Waals surface area contributed by atoms with Gasteiger partial charge in [0.05, 0.1) is 6.61 Å². The summed E-state index contributed by atoms with van der Waals surface area (Å²) in [6, 6.07) is 2.85. The summed E-state index contributed by atoms with van der Waals surface area (Å²) in [4.78, 5) is 0. The second-order valence-corrected chi connectivity index (χ2v) is 2.72. The summed E-state index contributed by atoms with van der Waals surface area (Å²) in [5, 5.41) is 17.3. The Morgan fingerprint density at radius 2 is 2.07 bits per heavy atom. The molecule has 0 aliphatic rings. The van der Waals surface area contributed by atoms with Crippen LogP contribution >= 0.6 is 0 Å². The van der Waals surface area contributed by atoms with E-state index in [1.165, 1.54) is 0 Å². The van der Waals surface area contributed by atoms with E-state index < -0.39 is 24.3 Å². The van der Waals surface area contributed by atoms with Crippen LogP contribution in [0.1, 0.15) is 0 Å². The molecule has 0 aromatic heterocycles. The number of hydrogen-bond acceptors (Lipinski definition) is 3. The molecule has 3 nitrogen and oxygen atoms in total. The van der Waals surface area contributed by atoms with Gasteiger partial charge in [-0.05, 0) is 12.1 Å². The quantitative estimate of drug-likeness (QED) is 0.758. The topological polar surface area (TPSA) is 49.7 Å². The van der Waals surface area contributed by atoms with Gasteiger partial charge in [-0.1, -0.05) is 0 Å². The van der Waals surface area contributed by atoms with Gasteiger partial charge in [-0.3, -0.25) is 0 Å². The van der Waals surface area contributed by atoms with Crippen molar-refractivity contribution >= 4 is 0 Å². The Labute approximate surface area is 79.6 Å². The van der Waals surface area contributed by atoms with Crippen LogP contribution in [0.2, 0.25) is 0 Å². The van der Waals surface area contributed by atoms with E-state index >= 15 is 0 Å². The van der Waals surface area contributed by atoms with Crippen LogP contribution in [0.25, 0.3) is 0 Å². The molecular weight excluding hydrogens is 194 g/mol. The number of ether oxygens (including phenoxy) is 1. The van der Waals surface area contributed by atoms with Gasteiger partial charge in [0.1, 0.15) is 18.5 Å². The van der Waals surface area contributed by atoms with Crippen LogP contribution in [0.3, 0.4) is 0 Å². The number of benzene rings is 1. The van der Waals surface area contributed by atoms with Crippen molar-refractivity contribution in [3.8, 4) is 5.75 Å². The molecule has 78 valence electrons. The lowest BCUT2D eigenvalue weighted by molar-refractivity contribution is 0.0523. The normalized spacial score (nSPS) is 12.6. The first-order valence-corrected chi connectivity index (χ1v) is 4.00. The fraction of sp³-hybridized carbons (Fsp3) is 0.333. The van der Waals surface area contributed by atoms with Crippen LogP contribution < -0.4 is 4.74 Å². The Hall–Kier alpha value is -1.20. The van der Waals surface area contributed by atoms with Crippen LogP contribution in [0.4, 0.5) is 8.78 Å². The first-order valence-electron chi connectivity index (χ1n) is 4.00. The van der Waals surface area contributed by atoms with Crippen molar-refractivity contribution < 1.29 is 23.7 Å². The fourth-order valence-electron chi connectivity index (χ4n) is 0.831. The molecule has 5 heteroatoms. The highest BCUT2D eigenvalue weighted by molar-refractivity contribution is 5.24. The van der Waals surface area contributed by atoms with E-state index in [4.69, 9.17) is 14.9 Å². The molecule has 0 bridgehead atoms. The average Bonchev–Trinajstić information content (AvgIpc) is 2.16. The van der Waals surface area contributed by atoms with Crippen LogP contribution in [0.15, 0.2) is 18.2 Å². The van der Waals surface area contributed by atoms with Crippen molar-refractivity contribution in [1.29, 1.82) is 0 Å². The largest absolute Gasteiger partial charge is 0.488 e. The van der Waals surface area contributed by atoms with Crippen LogP contribution in [0, 0.1) is 11.6 Å². The maximum Gasteiger partial charge on any atom is 0.167 e. The smallest absolute Gasteiger partial charge is 0.167 e. The molecule has 0 heterocycles. The summed E-state index contributed by atoms with van der Waals surface area (Å²) in [6.45, 7) is -0.706. The maximum atomic E-state index is 12.9. The van der Waals surface area contributed by atoms with Crippen molar-refractivity contribution in [1.82, 2.24) is 0 Å². The Bertz CT molecular complexity index is 304. The molecule has 1 aromatic carbocycles. The van der Waals surface area contributed by atoms with E-state index in [1.54, 1.807) is 0 Å². The predicted molar refractivity (Wildman–Crippen MR) is 44.9 cm³/mol. The Balaban J connectivity index is 2.59. The molecule has 2 N–H and O–H groups in total. The van der Waals surface area contributed by atoms with Gasteiger partial charge < -0.3 is 14.9 Å². The predicted octanol–water partition coefficient (Wildman–Crippen LogP) is 0.697. The summed E-state index contributed by atoms with van der Waals surface area (Å²) >= 11 is 0. The third-order valence-corrected chi connectivity index (χ3v) is 1.54. The molecular formula is C9H10F2O3. The second kappa shape index (κ2) is 4.88. The van der Waals surface area contributed by atoms with Gasteiger partial charge >= 0.3 is 0 Å². The van der Waals surface area contributed by atoms with Crippen molar-refractivity contribution in [3.63, 3.8) is 0 Å². The highest BCUT2D eigenvalue weighted by Gasteiger charge is 2.07. The van der Waals surface area contributed by atoms with Crippen LogP contribution in [0.5, 0.6) is 5.75 Å². The van der Waals surface area contributed by atoms with Gasteiger partial charge in [-0.25, -0.2) is 8.78 Å². The highest BCUT2D eigenvalue weighted by Crippen LogP contribution is 2.17. The van der Waals surface area contributed by atoms with Crippen LogP contribution in [-0.4, -0.2) is 29.5 Å². The summed E-state index contributed by atoms with van der Waals surface area (Å²) < 4.78 is 30.1. The molecule has 0 aliphatic heterocycles. The average molecular weight is 204 g/mol. The van der Waals surface area contributed by atoms with Crippen molar-refractivity contribution in [2.45, 2.75) is 6.10 Å². The van der Waals surface area contributed by atoms with Crippen molar-refractivity contribution in [2.75, 3.05) is 13.2 Å². The van der Waals surface area contributed by atoms with E-state index in [1.807, 2.05) is 0 Å². The molecule has 0 fully saturated rings. The third-order valence-electron chi connectivity index (χ3n) is 1.54. The fourth-order valence-corrected chi connectivity index (χ4v) is 0.831. The molecule has 0 saturated carbocycles. The standard InChI is InChI=1S/C9H10F2O3/c10-6-1-2-9(8(11)3-6)14-5-7(13)4-12/h1-3,7,12-13H,4-5H2. The number of halogens is 2. The molecule has 1 rings (SSSR count). The van der Waals surface area contributed by atoms with E-state index in [0.29, 0.717) is 6.07 Å². The van der Waals surface area contributed by atoms with Gasteiger partial charge in [-0.15, -0.1) is 0 Å². The summed E-state index contributed by atoms with van der Waals surface area (Å²) in [7, 11) is 0. The van der Waals surface area contributed by atoms with Gasteiger partial charge in [0.2, 0.25) is 0 Å². The lowest BCUT2D eigenvalue weighted by atomic mass is 10.3. The summed E-state index contributed by atoms with van der Waals surface area (Å²) in [5.41, 5.74) is 0. The molecule has 0 radical (unpaired) electrons. The minimum atomic E-state index is -1.07. The maximum absolute atomic E-state index is 12.9. The van der Waals surface area contributed by atoms with Gasteiger partial charge in [-0.2, -0.15) is 0 Å². The zero-order valence-electron chi connectivity index (χ0n) is 7.28. The third kappa shape index (κ3) is 2.93. The molecule has 14 heavy (non-hydrogen) atoms. The van der Waals surface area contributed by atoms with E-state index in [-0.39, 0.29) is 12.4 Å². The first-order chi connectivity index (χ1) is 6.63. The number of aliphatic hydroxyl groups is 2. The first kappa shape index (κ1) is 10.9. The van der Waals surface area contributed by atoms with Crippen molar-refractivity contribution in [3.05, 3.63) is 29.8 Å². The van der Waals surface area contributed by atoms with E-state index in [9.17, 15) is 8.78 Å². The molecule has 1 unspecified atom stereocenters. The highest BCUT2D eigenvalue weighted by atomic mass is 19.1. The molecule has 0 spiro atoms. The van der Waals surface area contributed by atoms with E-state index in [2.05, 4.69) is 0 Å². The minimum absolute atomic E-state index is 0.154. The molecule has 0 aliphatic carbocycles. The lowest BCUT2D eigenvalue weighted by Gasteiger charge is -2.10. The zero-order chi connectivity index (χ0) is 10.6. The SMILES string of the molecule is OCC(O)COc1ccc(F)cc1F. The van der Waals surface area contributed by atoms with E-state index in [0.717, 1.165) is 12.1 Å². The van der Waals surface area contributed by atoms with Gasteiger partial charge in [0.15, 0.2) is 11.6 Å². The molecule has 1 atom stereocenters. The zero-order valence-corrected chi connectivity index (χ0v) is 7.28. The molecule has 1 aromatic rings. The monoisotopic (exact) mass is 204 g/mol. The van der Waals surface area contributed by atoms with Crippen molar-refractivity contribution in [2.24, 2.45) is 0 Å². The second-order valence-electron chi connectivity index (χ2n) is 2.72. The number of rotatable bonds is 4. The molecule has 0 saturated heterocycles. The Morgan fingerprint density at radius 1 is 1.36 bits per heavy atom. The molecule has 0 amide bonds.